The van der Waals surface area contributed by atoms with Crippen molar-refractivity contribution < 1.29 is 4.74 Å². The number of ether oxygens (including phenoxy) is 1. The van der Waals surface area contributed by atoms with Crippen molar-refractivity contribution in [3.8, 4) is 17.2 Å². The highest BCUT2D eigenvalue weighted by molar-refractivity contribution is 6.11. The summed E-state index contributed by atoms with van der Waals surface area (Å²) in [6.07, 6.45) is 6.51. The average Bonchev–Trinajstić information content (AvgIpc) is 3.67. The van der Waals surface area contributed by atoms with Crippen molar-refractivity contribution in [2.45, 2.75) is 89.9 Å². The third-order valence-corrected chi connectivity index (χ3v) is 16.7. The molecule has 4 nitrogen and oxygen atoms in total. The van der Waals surface area contributed by atoms with Crippen molar-refractivity contribution in [1.29, 1.82) is 0 Å². The molecular weight excluding hydrogens is 827 g/mol. The molecule has 4 saturated carbocycles. The van der Waals surface area contributed by atoms with Crippen LogP contribution in [-0.4, -0.2) is 4.57 Å². The van der Waals surface area contributed by atoms with Crippen LogP contribution in [0.1, 0.15) is 95.9 Å². The van der Waals surface area contributed by atoms with Gasteiger partial charge in [-0.3, -0.25) is 0 Å². The second-order valence-corrected chi connectivity index (χ2v) is 22.8. The number of hydrogen-bond donors (Lipinski definition) is 1. The lowest BCUT2D eigenvalue weighted by molar-refractivity contribution is -0.0450. The van der Waals surface area contributed by atoms with Gasteiger partial charge in [0.15, 0.2) is 0 Å². The first-order chi connectivity index (χ1) is 32.9. The van der Waals surface area contributed by atoms with Crippen LogP contribution in [0, 0.1) is 23.7 Å². The van der Waals surface area contributed by atoms with Crippen LogP contribution in [0.2, 0.25) is 0 Å². The molecule has 0 amide bonds. The predicted octanol–water partition coefficient (Wildman–Crippen LogP) is 17.6. The lowest BCUT2D eigenvalue weighted by Crippen LogP contribution is -2.57. The number of fused-ring (bicyclic) bond motifs is 7. The number of hydrogen-bond acceptors (Lipinski definition) is 3. The zero-order valence-corrected chi connectivity index (χ0v) is 40.3. The fourth-order valence-electron chi connectivity index (χ4n) is 13.7. The summed E-state index contributed by atoms with van der Waals surface area (Å²) in [5.74, 6) is 4.76. The Morgan fingerprint density at radius 2 is 1.07 bits per heavy atom. The van der Waals surface area contributed by atoms with E-state index in [0.29, 0.717) is 11.8 Å². The van der Waals surface area contributed by atoms with E-state index in [1.54, 1.807) is 0 Å². The van der Waals surface area contributed by atoms with E-state index in [9.17, 15) is 0 Å². The SMILES string of the molecule is CC(C)(C)c1ccc(Nc2ccc3c(c2)C2(c4cc(N(c5ccc(C(C)(C)C)cc5)c5ccc6c(c5)c5ccccc5n6-c5ccccc5)c5ccccc5c4O3)C3CC4CC(C3)CC2C4)cc1. The Kier molecular flexibility index (Phi) is 9.20. The van der Waals surface area contributed by atoms with Gasteiger partial charge in [0.05, 0.1) is 16.7 Å². The molecule has 1 spiro atoms. The number of nitrogens with zero attached hydrogens (tertiary/aromatic N) is 2. The second-order valence-electron chi connectivity index (χ2n) is 22.8. The molecule has 68 heavy (non-hydrogen) atoms. The molecule has 1 aromatic heterocycles. The molecule has 1 aliphatic heterocycles. The van der Waals surface area contributed by atoms with E-state index in [1.807, 2.05) is 0 Å². The maximum atomic E-state index is 7.38. The molecule has 4 heteroatoms. The molecule has 1 N–H and O–H groups in total. The van der Waals surface area contributed by atoms with E-state index >= 15 is 0 Å². The number of rotatable bonds is 6. The van der Waals surface area contributed by atoms with Crippen LogP contribution >= 0.6 is 0 Å². The van der Waals surface area contributed by atoms with E-state index in [4.69, 9.17) is 4.74 Å². The zero-order chi connectivity index (χ0) is 46.1. The summed E-state index contributed by atoms with van der Waals surface area (Å²) in [6.45, 7) is 13.8. The van der Waals surface area contributed by atoms with Crippen LogP contribution in [0.25, 0.3) is 38.3 Å². The van der Waals surface area contributed by atoms with Gasteiger partial charge in [0.1, 0.15) is 11.5 Å². The van der Waals surface area contributed by atoms with E-state index in [1.165, 1.54) is 98.3 Å². The molecule has 0 unspecified atom stereocenters. The predicted molar refractivity (Wildman–Crippen MR) is 284 cm³/mol. The Labute approximate surface area is 401 Å². The zero-order valence-electron chi connectivity index (χ0n) is 40.3. The summed E-state index contributed by atoms with van der Waals surface area (Å²) in [6, 6.07) is 63.8. The Bertz CT molecular complexity index is 3390. The fourth-order valence-corrected chi connectivity index (χ4v) is 13.7. The van der Waals surface area contributed by atoms with Gasteiger partial charge in [0.25, 0.3) is 0 Å². The second kappa shape index (κ2) is 15.1. The summed E-state index contributed by atoms with van der Waals surface area (Å²) in [4.78, 5) is 2.56. The maximum absolute atomic E-state index is 7.38. The number of benzene rings is 8. The van der Waals surface area contributed by atoms with Crippen molar-refractivity contribution in [3.63, 3.8) is 0 Å². The summed E-state index contributed by atoms with van der Waals surface area (Å²) in [7, 11) is 0. The Hall–Kier alpha value is -6.78. The van der Waals surface area contributed by atoms with Gasteiger partial charge in [-0.05, 0) is 163 Å². The molecule has 4 bridgehead atoms. The number of para-hydroxylation sites is 2. The van der Waals surface area contributed by atoms with Gasteiger partial charge >= 0.3 is 0 Å². The van der Waals surface area contributed by atoms with Gasteiger partial charge in [-0.25, -0.2) is 0 Å². The normalized spacial score (nSPS) is 21.6. The van der Waals surface area contributed by atoms with Gasteiger partial charge < -0.3 is 19.5 Å². The first-order valence-electron chi connectivity index (χ1n) is 25.2. The first kappa shape index (κ1) is 41.4. The molecule has 0 saturated heterocycles. The van der Waals surface area contributed by atoms with Crippen molar-refractivity contribution in [2.75, 3.05) is 10.2 Å². The first-order valence-corrected chi connectivity index (χ1v) is 25.2. The maximum Gasteiger partial charge on any atom is 0.139 e. The highest BCUT2D eigenvalue weighted by Gasteiger charge is 2.61. The van der Waals surface area contributed by atoms with Crippen LogP contribution in [0.5, 0.6) is 11.5 Å². The topological polar surface area (TPSA) is 29.4 Å². The average molecular weight is 888 g/mol. The van der Waals surface area contributed by atoms with Crippen LogP contribution in [0.3, 0.4) is 0 Å². The lowest BCUT2D eigenvalue weighted by atomic mass is 9.41. The van der Waals surface area contributed by atoms with E-state index < -0.39 is 0 Å². The van der Waals surface area contributed by atoms with Crippen molar-refractivity contribution in [2.24, 2.45) is 23.7 Å². The molecule has 9 aromatic rings. The number of anilines is 5. The van der Waals surface area contributed by atoms with Crippen molar-refractivity contribution >= 4 is 61.0 Å². The highest BCUT2D eigenvalue weighted by atomic mass is 16.5. The summed E-state index contributed by atoms with van der Waals surface area (Å²) in [5, 5.41) is 8.71. The van der Waals surface area contributed by atoms with Crippen molar-refractivity contribution in [3.05, 3.63) is 192 Å². The molecule has 14 rings (SSSR count). The minimum absolute atomic E-state index is 0.0280. The molecule has 0 atom stereocenters. The number of nitrogens with one attached hydrogen (secondary N) is 1. The van der Waals surface area contributed by atoms with Gasteiger partial charge in [0, 0.05) is 66.5 Å². The van der Waals surface area contributed by atoms with Crippen LogP contribution in [0.4, 0.5) is 28.4 Å². The molecule has 338 valence electrons. The van der Waals surface area contributed by atoms with Gasteiger partial charge in [0.2, 0.25) is 0 Å². The molecule has 4 fully saturated rings. The lowest BCUT2D eigenvalue weighted by Gasteiger charge is -2.63. The Morgan fingerprint density at radius 3 is 1.75 bits per heavy atom. The molecule has 4 aliphatic carbocycles. The Morgan fingerprint density at radius 1 is 0.500 bits per heavy atom. The third kappa shape index (κ3) is 6.39. The summed E-state index contributed by atoms with van der Waals surface area (Å²) in [5.41, 5.74) is 14.6. The van der Waals surface area contributed by atoms with E-state index in [-0.39, 0.29) is 16.2 Å². The molecule has 2 heterocycles. The minimum Gasteiger partial charge on any atom is -0.456 e. The fraction of sp³-hybridized carbons (Fsp3) is 0.281. The van der Waals surface area contributed by atoms with Crippen molar-refractivity contribution in [1.82, 2.24) is 4.57 Å². The monoisotopic (exact) mass is 887 g/mol. The quantitative estimate of drug-likeness (QED) is 0.180. The molecule has 0 radical (unpaired) electrons. The third-order valence-electron chi connectivity index (χ3n) is 16.7. The molecule has 5 aliphatic rings. The van der Waals surface area contributed by atoms with Gasteiger partial charge in [-0.1, -0.05) is 126 Å². The van der Waals surface area contributed by atoms with E-state index in [2.05, 4.69) is 226 Å². The smallest absolute Gasteiger partial charge is 0.139 e. The van der Waals surface area contributed by atoms with Crippen LogP contribution < -0.4 is 15.0 Å². The highest BCUT2D eigenvalue weighted by Crippen LogP contribution is 2.70. The molecular formula is C64H61N3O. The van der Waals surface area contributed by atoms with Gasteiger partial charge in [-0.2, -0.15) is 0 Å². The standard InChI is InChI=1S/C64H61N3O/c1-62(2,3)42-20-24-46(25-21-42)65-47-26-31-60-55(37-47)64(44-33-40-32-41(35-44)36-45(64)34-40)56-39-59(51-16-10-11-18-53(51)61(56)68-60)66(49-27-22-43(23-28-49)63(4,5)6)50-29-30-58-54(38-50)52-17-12-13-19-57(52)67(58)48-14-8-7-9-15-48/h7-31,37-41,44-45,65H,32-36H2,1-6H3. The summed E-state index contributed by atoms with van der Waals surface area (Å²) < 4.78 is 9.80. The summed E-state index contributed by atoms with van der Waals surface area (Å²) >= 11 is 0. The Balaban J connectivity index is 1.04. The van der Waals surface area contributed by atoms with Gasteiger partial charge in [-0.15, -0.1) is 0 Å². The number of aromatic nitrogens is 1. The minimum atomic E-state index is -0.183. The van der Waals surface area contributed by atoms with Crippen LogP contribution in [0.15, 0.2) is 170 Å². The van der Waals surface area contributed by atoms with Crippen LogP contribution in [-0.2, 0) is 16.2 Å². The molecule has 8 aromatic carbocycles. The van der Waals surface area contributed by atoms with E-state index in [0.717, 1.165) is 46.1 Å². The largest absolute Gasteiger partial charge is 0.456 e.